The molecule has 0 aromatic carbocycles. The zero-order valence-corrected chi connectivity index (χ0v) is 11.9. The average Bonchev–Trinajstić information content (AvgIpc) is 2.91. The Bertz CT molecular complexity index is 204. The molecule has 16 heavy (non-hydrogen) atoms. The van der Waals surface area contributed by atoms with E-state index in [1.165, 1.54) is 57.9 Å². The van der Waals surface area contributed by atoms with Gasteiger partial charge in [-0.25, -0.2) is 0 Å². The Hall–Kier alpha value is -0.123. The first-order valence-corrected chi connectivity index (χ1v) is 9.55. The molecule has 1 atom stereocenters. The quantitative estimate of drug-likeness (QED) is 0.534. The third-order valence-corrected chi connectivity index (χ3v) is 7.02. The first kappa shape index (κ1) is 12.3. The smallest absolute Gasteiger partial charge is 0.0759 e. The largest absolute Gasteiger partial charge is 0.291 e. The van der Waals surface area contributed by atoms with E-state index >= 15 is 0 Å². The maximum atomic E-state index is 3.93. The van der Waals surface area contributed by atoms with Gasteiger partial charge in [0, 0.05) is 5.79 Å². The second kappa shape index (κ2) is 5.99. The summed E-state index contributed by atoms with van der Waals surface area (Å²) in [4.78, 5) is 5.54. The standard InChI is InChI=1S/C13H26N2Si/c1-3-12-16(2)13(14-8-4-5-9-14)15-10-6-7-11-15/h3,13,16H,1,4-12H2,2H3. The molecule has 2 fully saturated rings. The minimum atomic E-state index is -0.690. The van der Waals surface area contributed by atoms with Crippen molar-refractivity contribution in [1.29, 1.82) is 0 Å². The molecule has 0 spiro atoms. The summed E-state index contributed by atoms with van der Waals surface area (Å²) in [6, 6.07) is 1.29. The predicted octanol–water partition coefficient (Wildman–Crippen LogP) is 2.09. The van der Waals surface area contributed by atoms with Crippen LogP contribution < -0.4 is 0 Å². The lowest BCUT2D eigenvalue weighted by Crippen LogP contribution is -2.54. The van der Waals surface area contributed by atoms with E-state index in [9.17, 15) is 0 Å². The van der Waals surface area contributed by atoms with Gasteiger partial charge < -0.3 is 0 Å². The normalized spacial score (nSPS) is 25.4. The van der Waals surface area contributed by atoms with E-state index in [-0.39, 0.29) is 0 Å². The van der Waals surface area contributed by atoms with E-state index in [4.69, 9.17) is 0 Å². The number of nitrogens with zero attached hydrogens (tertiary/aromatic N) is 2. The molecule has 0 aromatic heterocycles. The van der Waals surface area contributed by atoms with Crippen LogP contribution in [0.4, 0.5) is 0 Å². The van der Waals surface area contributed by atoms with Crippen LogP contribution in [0.25, 0.3) is 0 Å². The van der Waals surface area contributed by atoms with Crippen molar-refractivity contribution >= 4 is 8.80 Å². The summed E-state index contributed by atoms with van der Waals surface area (Å²) in [5.41, 5.74) is 0. The van der Waals surface area contributed by atoms with Gasteiger partial charge in [0.05, 0.1) is 8.80 Å². The van der Waals surface area contributed by atoms with Crippen molar-refractivity contribution in [2.45, 2.75) is 44.1 Å². The summed E-state index contributed by atoms with van der Waals surface area (Å²) in [5, 5.41) is 0. The van der Waals surface area contributed by atoms with Gasteiger partial charge in [-0.15, -0.1) is 6.58 Å². The SMILES string of the molecule is C=CC[SiH](C)C(N1CCCC1)N1CCCC1. The van der Waals surface area contributed by atoms with Crippen molar-refractivity contribution in [3.8, 4) is 0 Å². The van der Waals surface area contributed by atoms with Crippen molar-refractivity contribution in [1.82, 2.24) is 9.80 Å². The van der Waals surface area contributed by atoms with Crippen LogP contribution in [0.15, 0.2) is 12.7 Å². The minimum Gasteiger partial charge on any atom is -0.291 e. The molecule has 2 aliphatic rings. The third-order valence-electron chi connectivity index (χ3n) is 4.08. The van der Waals surface area contributed by atoms with Gasteiger partial charge in [-0.3, -0.25) is 9.80 Å². The molecule has 1 unspecified atom stereocenters. The highest BCUT2D eigenvalue weighted by atomic mass is 28.3. The van der Waals surface area contributed by atoms with Gasteiger partial charge in [0.25, 0.3) is 0 Å². The van der Waals surface area contributed by atoms with E-state index in [0.29, 0.717) is 0 Å². The van der Waals surface area contributed by atoms with Crippen LogP contribution in [0, 0.1) is 0 Å². The molecular formula is C13H26N2Si. The van der Waals surface area contributed by atoms with Gasteiger partial charge in [0.15, 0.2) is 0 Å². The predicted molar refractivity (Wildman–Crippen MR) is 73.4 cm³/mol. The summed E-state index contributed by atoms with van der Waals surface area (Å²) in [7, 11) is -0.690. The molecule has 0 N–H and O–H groups in total. The van der Waals surface area contributed by atoms with E-state index < -0.39 is 8.80 Å². The molecule has 0 radical (unpaired) electrons. The second-order valence-electron chi connectivity index (χ2n) is 5.40. The molecule has 0 saturated carbocycles. The molecule has 2 heterocycles. The molecule has 2 aliphatic heterocycles. The summed E-state index contributed by atoms with van der Waals surface area (Å²) < 4.78 is 0. The molecule has 92 valence electrons. The molecule has 0 aromatic rings. The van der Waals surface area contributed by atoms with Crippen molar-refractivity contribution in [3.05, 3.63) is 12.7 Å². The van der Waals surface area contributed by atoms with E-state index in [1.54, 1.807) is 0 Å². The minimum absolute atomic E-state index is 0.690. The first-order valence-electron chi connectivity index (χ1n) is 6.92. The van der Waals surface area contributed by atoms with Crippen molar-refractivity contribution in [2.75, 3.05) is 26.2 Å². The van der Waals surface area contributed by atoms with Gasteiger partial charge >= 0.3 is 0 Å². The number of rotatable bonds is 5. The zero-order valence-electron chi connectivity index (χ0n) is 10.7. The maximum Gasteiger partial charge on any atom is 0.0759 e. The van der Waals surface area contributed by atoms with Crippen LogP contribution >= 0.6 is 0 Å². The molecule has 2 rings (SSSR count). The fraction of sp³-hybridized carbons (Fsp3) is 0.846. The lowest BCUT2D eigenvalue weighted by Gasteiger charge is -2.38. The average molecular weight is 238 g/mol. The Morgan fingerprint density at radius 1 is 1.06 bits per heavy atom. The summed E-state index contributed by atoms with van der Waals surface area (Å²) >= 11 is 0. The Labute approximate surface area is 102 Å². The Balaban J connectivity index is 2.01. The van der Waals surface area contributed by atoms with Gasteiger partial charge in [-0.2, -0.15) is 0 Å². The van der Waals surface area contributed by atoms with Crippen LogP contribution in [-0.4, -0.2) is 50.6 Å². The van der Waals surface area contributed by atoms with Gasteiger partial charge in [0.2, 0.25) is 0 Å². The third kappa shape index (κ3) is 2.76. The molecular weight excluding hydrogens is 212 g/mol. The van der Waals surface area contributed by atoms with Crippen LogP contribution in [0.2, 0.25) is 12.6 Å². The van der Waals surface area contributed by atoms with Gasteiger partial charge in [0.1, 0.15) is 0 Å². The van der Waals surface area contributed by atoms with Crippen molar-refractivity contribution in [2.24, 2.45) is 0 Å². The summed E-state index contributed by atoms with van der Waals surface area (Å²) in [6.45, 7) is 11.8. The molecule has 0 amide bonds. The summed E-state index contributed by atoms with van der Waals surface area (Å²) in [6.07, 6.45) is 7.81. The van der Waals surface area contributed by atoms with E-state index in [2.05, 4.69) is 29.0 Å². The maximum absolute atomic E-state index is 3.93. The molecule has 3 heteroatoms. The fourth-order valence-corrected chi connectivity index (χ4v) is 6.15. The lowest BCUT2D eigenvalue weighted by atomic mass is 10.4. The summed E-state index contributed by atoms with van der Waals surface area (Å²) in [5.74, 6) is 0.822. The highest BCUT2D eigenvalue weighted by Gasteiger charge is 2.32. The molecule has 0 bridgehead atoms. The number of hydrogen-bond donors (Lipinski definition) is 0. The number of allylic oxidation sites excluding steroid dienone is 1. The van der Waals surface area contributed by atoms with Crippen LogP contribution in [0.5, 0.6) is 0 Å². The lowest BCUT2D eigenvalue weighted by molar-refractivity contribution is 0.139. The van der Waals surface area contributed by atoms with E-state index in [1.807, 2.05) is 0 Å². The Morgan fingerprint density at radius 2 is 1.50 bits per heavy atom. The van der Waals surface area contributed by atoms with Crippen molar-refractivity contribution in [3.63, 3.8) is 0 Å². The molecule has 2 nitrogen and oxygen atoms in total. The Kier molecular flexibility index (Phi) is 4.62. The van der Waals surface area contributed by atoms with Crippen LogP contribution in [0.1, 0.15) is 25.7 Å². The van der Waals surface area contributed by atoms with Crippen LogP contribution in [0.3, 0.4) is 0 Å². The Morgan fingerprint density at radius 3 is 1.88 bits per heavy atom. The van der Waals surface area contributed by atoms with Crippen molar-refractivity contribution < 1.29 is 0 Å². The van der Waals surface area contributed by atoms with Crippen LogP contribution in [-0.2, 0) is 0 Å². The second-order valence-corrected chi connectivity index (χ2v) is 8.42. The monoisotopic (exact) mass is 238 g/mol. The van der Waals surface area contributed by atoms with E-state index in [0.717, 1.165) is 5.79 Å². The first-order chi connectivity index (χ1) is 7.83. The highest BCUT2D eigenvalue weighted by molar-refractivity contribution is 6.59. The van der Waals surface area contributed by atoms with Gasteiger partial charge in [-0.1, -0.05) is 12.6 Å². The number of likely N-dealkylation sites (tertiary alicyclic amines) is 2. The molecule has 0 aliphatic carbocycles. The fourth-order valence-electron chi connectivity index (χ4n) is 3.35. The zero-order chi connectivity index (χ0) is 11.4. The van der Waals surface area contributed by atoms with Gasteiger partial charge in [-0.05, 0) is 57.9 Å². The topological polar surface area (TPSA) is 6.48 Å². The number of hydrogen-bond acceptors (Lipinski definition) is 2. The molecule has 2 saturated heterocycles. The highest BCUT2D eigenvalue weighted by Crippen LogP contribution is 2.22.